The van der Waals surface area contributed by atoms with Crippen molar-refractivity contribution in [1.82, 2.24) is 0 Å². The Balaban J connectivity index is 1.37. The zero-order valence-electron chi connectivity index (χ0n) is 18.9. The van der Waals surface area contributed by atoms with Gasteiger partial charge >= 0.3 is 0 Å². The Labute approximate surface area is 211 Å². The van der Waals surface area contributed by atoms with E-state index in [0.717, 1.165) is 32.8 Å². The van der Waals surface area contributed by atoms with Crippen LogP contribution < -0.4 is 19.5 Å². The van der Waals surface area contributed by atoms with E-state index in [0.29, 0.717) is 18.0 Å². The molecule has 4 rings (SSSR count). The normalized spacial score (nSPS) is 10.5. The number of benzene rings is 4. The third kappa shape index (κ3) is 6.51. The monoisotopic (exact) mass is 534 g/mol. The first-order valence-electron chi connectivity index (χ1n) is 10.8. The second kappa shape index (κ2) is 11.4. The van der Waals surface area contributed by atoms with Crippen molar-refractivity contribution in [3.63, 3.8) is 0 Å². The summed E-state index contributed by atoms with van der Waals surface area (Å²) in [7, 11) is 1.59. The molecule has 0 heterocycles. The number of anilines is 1. The third-order valence-electron chi connectivity index (χ3n) is 5.15. The number of ether oxygens (including phenoxy) is 3. The highest BCUT2D eigenvalue weighted by atomic mass is 79.9. The van der Waals surface area contributed by atoms with Crippen LogP contribution in [0.15, 0.2) is 95.5 Å². The molecule has 0 atom stereocenters. The van der Waals surface area contributed by atoms with E-state index in [4.69, 9.17) is 14.2 Å². The van der Waals surface area contributed by atoms with Crippen molar-refractivity contribution in [3.05, 3.63) is 117 Å². The maximum atomic E-state index is 10.8. The van der Waals surface area contributed by atoms with Crippen molar-refractivity contribution < 1.29 is 19.1 Å². The van der Waals surface area contributed by atoms with Crippen LogP contribution in [0.4, 0.5) is 11.4 Å². The van der Waals surface area contributed by atoms with Crippen molar-refractivity contribution >= 4 is 27.3 Å². The SMILES string of the molecule is COc1cc(CNc2ccc(Oc3ccccc3)cc2)cc(Br)c1OCc1ccc([N+](=O)[O-])cc1. The van der Waals surface area contributed by atoms with Crippen molar-refractivity contribution in [2.75, 3.05) is 12.4 Å². The van der Waals surface area contributed by atoms with Crippen LogP contribution in [0.5, 0.6) is 23.0 Å². The molecule has 7 nitrogen and oxygen atoms in total. The summed E-state index contributed by atoms with van der Waals surface area (Å²) in [6.07, 6.45) is 0. The number of para-hydroxylation sites is 1. The van der Waals surface area contributed by atoms with Gasteiger partial charge in [-0.2, -0.15) is 0 Å². The maximum absolute atomic E-state index is 10.8. The Morgan fingerprint density at radius 2 is 1.57 bits per heavy atom. The predicted molar refractivity (Wildman–Crippen MR) is 138 cm³/mol. The minimum atomic E-state index is -0.427. The Hall–Kier alpha value is -4.04. The zero-order valence-corrected chi connectivity index (χ0v) is 20.5. The van der Waals surface area contributed by atoms with Gasteiger partial charge in [0.1, 0.15) is 18.1 Å². The van der Waals surface area contributed by atoms with E-state index in [1.165, 1.54) is 12.1 Å². The van der Waals surface area contributed by atoms with Crippen LogP contribution in [-0.2, 0) is 13.2 Å². The summed E-state index contributed by atoms with van der Waals surface area (Å²) in [4.78, 5) is 10.4. The number of nitro benzene ring substituents is 1. The molecule has 0 unspecified atom stereocenters. The summed E-state index contributed by atoms with van der Waals surface area (Å²) in [6, 6.07) is 27.6. The van der Waals surface area contributed by atoms with Gasteiger partial charge in [0.25, 0.3) is 5.69 Å². The molecule has 0 amide bonds. The highest BCUT2D eigenvalue weighted by Crippen LogP contribution is 2.37. The highest BCUT2D eigenvalue weighted by Gasteiger charge is 2.13. The van der Waals surface area contributed by atoms with Crippen molar-refractivity contribution in [2.24, 2.45) is 0 Å². The van der Waals surface area contributed by atoms with Gasteiger partial charge in [-0.15, -0.1) is 0 Å². The molecule has 35 heavy (non-hydrogen) atoms. The summed E-state index contributed by atoms with van der Waals surface area (Å²) < 4.78 is 18.1. The standard InChI is InChI=1S/C27H23BrN2O5/c1-33-26-16-20(15-25(28)27(26)34-18-19-7-11-22(12-8-19)30(31)32)17-29-21-9-13-24(14-10-21)35-23-5-3-2-4-6-23/h2-16,29H,17-18H2,1H3. The molecule has 4 aromatic carbocycles. The lowest BCUT2D eigenvalue weighted by atomic mass is 10.2. The van der Waals surface area contributed by atoms with Crippen LogP contribution in [0, 0.1) is 10.1 Å². The Morgan fingerprint density at radius 3 is 2.23 bits per heavy atom. The Morgan fingerprint density at radius 1 is 0.886 bits per heavy atom. The van der Waals surface area contributed by atoms with Gasteiger partial charge < -0.3 is 19.5 Å². The zero-order chi connectivity index (χ0) is 24.6. The van der Waals surface area contributed by atoms with E-state index in [1.807, 2.05) is 66.7 Å². The summed E-state index contributed by atoms with van der Waals surface area (Å²) in [5, 5.41) is 14.2. The molecule has 0 fully saturated rings. The van der Waals surface area contributed by atoms with E-state index in [1.54, 1.807) is 19.2 Å². The van der Waals surface area contributed by atoms with Gasteiger partial charge in [0.05, 0.1) is 16.5 Å². The molecule has 8 heteroatoms. The molecule has 0 bridgehead atoms. The molecule has 0 aliphatic rings. The van der Waals surface area contributed by atoms with Gasteiger partial charge in [0.15, 0.2) is 11.5 Å². The number of nitro groups is 1. The minimum Gasteiger partial charge on any atom is -0.493 e. The molecule has 1 N–H and O–H groups in total. The molecule has 0 radical (unpaired) electrons. The molecular weight excluding hydrogens is 512 g/mol. The second-order valence-electron chi connectivity index (χ2n) is 7.61. The molecule has 178 valence electrons. The molecule has 0 aromatic heterocycles. The Kier molecular flexibility index (Phi) is 7.84. The largest absolute Gasteiger partial charge is 0.493 e. The van der Waals surface area contributed by atoms with Gasteiger partial charge in [-0.05, 0) is 87.7 Å². The first-order valence-corrected chi connectivity index (χ1v) is 11.6. The predicted octanol–water partition coefficient (Wildman–Crippen LogP) is 7.35. The quantitative estimate of drug-likeness (QED) is 0.169. The fourth-order valence-electron chi connectivity index (χ4n) is 3.35. The van der Waals surface area contributed by atoms with Gasteiger partial charge in [-0.25, -0.2) is 0 Å². The van der Waals surface area contributed by atoms with Gasteiger partial charge in [0.2, 0.25) is 0 Å². The fraction of sp³-hybridized carbons (Fsp3) is 0.111. The molecule has 4 aromatic rings. The number of methoxy groups -OCH3 is 1. The molecule has 0 aliphatic carbocycles. The summed E-state index contributed by atoms with van der Waals surface area (Å²) in [6.45, 7) is 0.832. The van der Waals surface area contributed by atoms with E-state index in [9.17, 15) is 10.1 Å². The van der Waals surface area contributed by atoms with E-state index in [-0.39, 0.29) is 12.3 Å². The fourth-order valence-corrected chi connectivity index (χ4v) is 3.96. The van der Waals surface area contributed by atoms with Crippen molar-refractivity contribution in [2.45, 2.75) is 13.2 Å². The summed E-state index contributed by atoms with van der Waals surface area (Å²) >= 11 is 3.57. The third-order valence-corrected chi connectivity index (χ3v) is 5.74. The van der Waals surface area contributed by atoms with Crippen LogP contribution in [0.3, 0.4) is 0 Å². The van der Waals surface area contributed by atoms with Crippen LogP contribution in [0.2, 0.25) is 0 Å². The Bertz CT molecular complexity index is 1280. The molecular formula is C27H23BrN2O5. The highest BCUT2D eigenvalue weighted by molar-refractivity contribution is 9.10. The lowest BCUT2D eigenvalue weighted by Crippen LogP contribution is -2.03. The number of rotatable bonds is 10. The average molecular weight is 535 g/mol. The number of hydrogen-bond acceptors (Lipinski definition) is 6. The van der Waals surface area contributed by atoms with E-state index in [2.05, 4.69) is 21.2 Å². The first kappa shape index (κ1) is 24.1. The van der Waals surface area contributed by atoms with Crippen LogP contribution in [-0.4, -0.2) is 12.0 Å². The topological polar surface area (TPSA) is 82.9 Å². The van der Waals surface area contributed by atoms with Crippen LogP contribution in [0.1, 0.15) is 11.1 Å². The first-order chi connectivity index (χ1) is 17.0. The molecule has 0 saturated carbocycles. The van der Waals surface area contributed by atoms with Crippen LogP contribution in [0.25, 0.3) is 0 Å². The second-order valence-corrected chi connectivity index (χ2v) is 8.47. The number of halogens is 1. The van der Waals surface area contributed by atoms with E-state index >= 15 is 0 Å². The van der Waals surface area contributed by atoms with E-state index < -0.39 is 4.92 Å². The van der Waals surface area contributed by atoms with Gasteiger partial charge in [0, 0.05) is 24.4 Å². The van der Waals surface area contributed by atoms with Gasteiger partial charge in [-0.3, -0.25) is 10.1 Å². The number of nitrogens with one attached hydrogen (secondary N) is 1. The summed E-state index contributed by atoms with van der Waals surface area (Å²) in [5.41, 5.74) is 2.82. The minimum absolute atomic E-state index is 0.0442. The van der Waals surface area contributed by atoms with Crippen LogP contribution >= 0.6 is 15.9 Å². The average Bonchev–Trinajstić information content (AvgIpc) is 2.88. The molecule has 0 spiro atoms. The van der Waals surface area contributed by atoms with Crippen molar-refractivity contribution in [3.8, 4) is 23.0 Å². The molecule has 0 saturated heterocycles. The summed E-state index contributed by atoms with van der Waals surface area (Å²) in [5.74, 6) is 2.71. The smallest absolute Gasteiger partial charge is 0.269 e. The maximum Gasteiger partial charge on any atom is 0.269 e. The number of non-ortho nitro benzene ring substituents is 1. The number of nitrogens with zero attached hydrogens (tertiary/aromatic N) is 1. The van der Waals surface area contributed by atoms with Gasteiger partial charge in [-0.1, -0.05) is 18.2 Å². The molecule has 0 aliphatic heterocycles. The lowest BCUT2D eigenvalue weighted by Gasteiger charge is -2.15. The number of hydrogen-bond donors (Lipinski definition) is 1. The van der Waals surface area contributed by atoms with Crippen molar-refractivity contribution in [1.29, 1.82) is 0 Å². The lowest BCUT2D eigenvalue weighted by molar-refractivity contribution is -0.384.